The number of hydrogen-bond donors (Lipinski definition) is 3. The van der Waals surface area contributed by atoms with Crippen LogP contribution in [-0.4, -0.2) is 67.3 Å². The third kappa shape index (κ3) is 5.82. The molecule has 1 atom stereocenters. The maximum atomic E-state index is 13.0. The van der Waals surface area contributed by atoms with Crippen molar-refractivity contribution < 1.29 is 24.2 Å². The fourth-order valence-electron chi connectivity index (χ4n) is 5.13. The summed E-state index contributed by atoms with van der Waals surface area (Å²) in [7, 11) is 3.66. The predicted octanol–water partition coefficient (Wildman–Crippen LogP) is 3.21. The highest BCUT2D eigenvalue weighted by Gasteiger charge is 2.31. The molecule has 8 nitrogen and oxygen atoms in total. The van der Waals surface area contributed by atoms with Crippen LogP contribution in [0.5, 0.6) is 0 Å². The second-order valence-electron chi connectivity index (χ2n) is 9.68. The largest absolute Gasteiger partial charge is 0.481 e. The van der Waals surface area contributed by atoms with E-state index in [2.05, 4.69) is 34.9 Å². The second-order valence-corrected chi connectivity index (χ2v) is 9.68. The molecule has 0 saturated heterocycles. The topological polar surface area (TPSA) is 108 Å². The Kier molecular flexibility index (Phi) is 7.70. The molecule has 1 unspecified atom stereocenters. The van der Waals surface area contributed by atoms with Gasteiger partial charge in [0.1, 0.15) is 12.6 Å². The number of aliphatic carboxylic acids is 1. The summed E-state index contributed by atoms with van der Waals surface area (Å²) in [6.45, 7) is 0.496. The van der Waals surface area contributed by atoms with E-state index in [0.29, 0.717) is 32.2 Å². The lowest BCUT2D eigenvalue weighted by Gasteiger charge is -2.29. The lowest BCUT2D eigenvalue weighted by atomic mass is 9.86. The molecule has 186 valence electrons. The van der Waals surface area contributed by atoms with Gasteiger partial charge in [-0.2, -0.15) is 0 Å². The lowest BCUT2D eigenvalue weighted by molar-refractivity contribution is -0.142. The Bertz CT molecular complexity index is 1030. The van der Waals surface area contributed by atoms with Gasteiger partial charge < -0.3 is 25.4 Å². The molecule has 2 aliphatic rings. The molecule has 1 fully saturated rings. The summed E-state index contributed by atoms with van der Waals surface area (Å²) in [6.07, 6.45) is 1.67. The predicted molar refractivity (Wildman–Crippen MR) is 132 cm³/mol. The van der Waals surface area contributed by atoms with Crippen LogP contribution in [0.4, 0.5) is 4.79 Å². The van der Waals surface area contributed by atoms with Gasteiger partial charge in [0.15, 0.2) is 0 Å². The van der Waals surface area contributed by atoms with Crippen molar-refractivity contribution in [2.24, 2.45) is 5.92 Å². The molecule has 0 aromatic heterocycles. The Morgan fingerprint density at radius 3 is 2.09 bits per heavy atom. The van der Waals surface area contributed by atoms with Crippen LogP contribution in [0, 0.1) is 5.92 Å². The molecule has 0 radical (unpaired) electrons. The SMILES string of the molecule is CN(C)CC(NC(=O)OCC1c2ccccc2-c2ccccc21)C(=O)NC1CCC(C(=O)O)CC1. The van der Waals surface area contributed by atoms with Gasteiger partial charge >= 0.3 is 12.1 Å². The minimum atomic E-state index is -0.780. The number of carbonyl (C=O) groups is 3. The first-order valence-corrected chi connectivity index (χ1v) is 12.1. The molecule has 4 rings (SSSR count). The smallest absolute Gasteiger partial charge is 0.407 e. The molecule has 2 amide bonds. The maximum Gasteiger partial charge on any atom is 0.407 e. The zero-order valence-corrected chi connectivity index (χ0v) is 20.2. The summed E-state index contributed by atoms with van der Waals surface area (Å²) in [5, 5.41) is 14.9. The fraction of sp³-hybridized carbons (Fsp3) is 0.444. The van der Waals surface area contributed by atoms with E-state index in [-0.39, 0.29) is 30.4 Å². The van der Waals surface area contributed by atoms with Gasteiger partial charge in [0, 0.05) is 18.5 Å². The van der Waals surface area contributed by atoms with Crippen molar-refractivity contribution in [1.82, 2.24) is 15.5 Å². The number of fused-ring (bicyclic) bond motifs is 3. The monoisotopic (exact) mass is 479 g/mol. The summed E-state index contributed by atoms with van der Waals surface area (Å²) < 4.78 is 5.62. The maximum absolute atomic E-state index is 13.0. The van der Waals surface area contributed by atoms with Gasteiger partial charge in [-0.05, 0) is 62.0 Å². The van der Waals surface area contributed by atoms with Gasteiger partial charge in [-0.3, -0.25) is 9.59 Å². The molecule has 2 aromatic carbocycles. The minimum absolute atomic E-state index is 0.0568. The van der Waals surface area contributed by atoms with Crippen LogP contribution in [0.15, 0.2) is 48.5 Å². The van der Waals surface area contributed by atoms with E-state index in [4.69, 9.17) is 4.74 Å². The number of carbonyl (C=O) groups excluding carboxylic acids is 2. The summed E-state index contributed by atoms with van der Waals surface area (Å²) in [5.41, 5.74) is 4.56. The van der Waals surface area contributed by atoms with Crippen molar-refractivity contribution in [3.63, 3.8) is 0 Å². The molecular weight excluding hydrogens is 446 g/mol. The first-order valence-electron chi connectivity index (χ1n) is 12.1. The third-order valence-corrected chi connectivity index (χ3v) is 6.92. The number of amides is 2. The second kappa shape index (κ2) is 10.9. The molecule has 1 saturated carbocycles. The molecule has 0 spiro atoms. The third-order valence-electron chi connectivity index (χ3n) is 6.92. The minimum Gasteiger partial charge on any atom is -0.481 e. The number of hydrogen-bond acceptors (Lipinski definition) is 5. The van der Waals surface area contributed by atoms with Crippen LogP contribution in [0.2, 0.25) is 0 Å². The Labute approximate surface area is 205 Å². The van der Waals surface area contributed by atoms with Crippen LogP contribution < -0.4 is 10.6 Å². The number of nitrogens with one attached hydrogen (secondary N) is 2. The van der Waals surface area contributed by atoms with Crippen molar-refractivity contribution in [3.05, 3.63) is 59.7 Å². The summed E-state index contributed by atoms with van der Waals surface area (Å²) in [5.74, 6) is -1.47. The number of likely N-dealkylation sites (N-methyl/N-ethyl adjacent to an activating group) is 1. The van der Waals surface area contributed by atoms with Crippen molar-refractivity contribution in [3.8, 4) is 11.1 Å². The van der Waals surface area contributed by atoms with Crippen LogP contribution >= 0.6 is 0 Å². The van der Waals surface area contributed by atoms with Gasteiger partial charge in [0.2, 0.25) is 5.91 Å². The fourth-order valence-corrected chi connectivity index (χ4v) is 5.13. The first kappa shape index (κ1) is 24.7. The Hall–Kier alpha value is -3.39. The van der Waals surface area contributed by atoms with Crippen LogP contribution in [0.25, 0.3) is 11.1 Å². The normalized spacial score (nSPS) is 20.0. The van der Waals surface area contributed by atoms with Gasteiger partial charge in [-0.25, -0.2) is 4.79 Å². The van der Waals surface area contributed by atoms with Crippen molar-refractivity contribution in [1.29, 1.82) is 0 Å². The molecule has 0 bridgehead atoms. The number of rotatable bonds is 8. The average Bonchev–Trinajstić information content (AvgIpc) is 3.16. The first-order chi connectivity index (χ1) is 16.8. The number of ether oxygens (including phenoxy) is 1. The molecule has 3 N–H and O–H groups in total. The molecule has 0 aliphatic heterocycles. The van der Waals surface area contributed by atoms with E-state index in [1.54, 1.807) is 0 Å². The Morgan fingerprint density at radius 2 is 1.54 bits per heavy atom. The van der Waals surface area contributed by atoms with E-state index in [1.165, 1.54) is 0 Å². The highest BCUT2D eigenvalue weighted by atomic mass is 16.5. The molecule has 35 heavy (non-hydrogen) atoms. The molecule has 2 aliphatic carbocycles. The average molecular weight is 480 g/mol. The van der Waals surface area contributed by atoms with Crippen LogP contribution in [0.3, 0.4) is 0 Å². The highest BCUT2D eigenvalue weighted by molar-refractivity contribution is 5.86. The number of carboxylic acid groups (broad SMARTS) is 1. The van der Waals surface area contributed by atoms with Crippen molar-refractivity contribution in [2.75, 3.05) is 27.2 Å². The summed E-state index contributed by atoms with van der Waals surface area (Å²) in [4.78, 5) is 38.7. The standard InChI is InChI=1S/C27H33N3O5/c1-30(2)15-24(25(31)28-18-13-11-17(12-14-18)26(32)33)29-27(34)35-16-23-21-9-5-3-7-19(21)20-8-4-6-10-22(20)23/h3-10,17-18,23-24H,11-16H2,1-2H3,(H,28,31)(H,29,34)(H,32,33). The van der Waals surface area contributed by atoms with Gasteiger partial charge in [-0.15, -0.1) is 0 Å². The number of nitrogens with zero attached hydrogens (tertiary/aromatic N) is 1. The van der Waals surface area contributed by atoms with Crippen LogP contribution in [-0.2, 0) is 14.3 Å². The van der Waals surface area contributed by atoms with E-state index < -0.39 is 18.1 Å². The molecule has 8 heteroatoms. The van der Waals surface area contributed by atoms with Gasteiger partial charge in [0.05, 0.1) is 5.92 Å². The summed E-state index contributed by atoms with van der Waals surface area (Å²) >= 11 is 0. The summed E-state index contributed by atoms with van der Waals surface area (Å²) in [6, 6.07) is 15.4. The molecule has 0 heterocycles. The van der Waals surface area contributed by atoms with Crippen molar-refractivity contribution in [2.45, 2.75) is 43.7 Å². The number of alkyl carbamates (subject to hydrolysis) is 1. The number of benzene rings is 2. The number of carboxylic acids is 1. The van der Waals surface area contributed by atoms with E-state index in [1.807, 2.05) is 43.3 Å². The quantitative estimate of drug-likeness (QED) is 0.537. The molecular formula is C27H33N3O5. The van der Waals surface area contributed by atoms with E-state index in [9.17, 15) is 19.5 Å². The zero-order valence-electron chi connectivity index (χ0n) is 20.2. The highest BCUT2D eigenvalue weighted by Crippen LogP contribution is 2.44. The van der Waals surface area contributed by atoms with Gasteiger partial charge in [-0.1, -0.05) is 48.5 Å². The van der Waals surface area contributed by atoms with E-state index >= 15 is 0 Å². The Balaban J connectivity index is 1.35. The van der Waals surface area contributed by atoms with Crippen LogP contribution in [0.1, 0.15) is 42.7 Å². The van der Waals surface area contributed by atoms with Crippen molar-refractivity contribution >= 4 is 18.0 Å². The molecule has 2 aromatic rings. The lowest BCUT2D eigenvalue weighted by Crippen LogP contribution is -2.54. The Morgan fingerprint density at radius 1 is 0.971 bits per heavy atom. The zero-order chi connectivity index (χ0) is 24.9. The van der Waals surface area contributed by atoms with Gasteiger partial charge in [0.25, 0.3) is 0 Å². The van der Waals surface area contributed by atoms with E-state index in [0.717, 1.165) is 22.3 Å².